The maximum Gasteiger partial charge on any atom is 0.0794 e. The minimum Gasteiger partial charge on any atom is -0.316 e. The van der Waals surface area contributed by atoms with Gasteiger partial charge in [0.15, 0.2) is 0 Å². The maximum atomic E-state index is 4.09. The third kappa shape index (κ3) is 5.90. The standard InChI is InChI=1S/C12H22N2S/c1-10(2)6-13-7-11(3)4-5-12-8-14-9-15-12/h8-11,13H,4-7H2,1-3H3. The Balaban J connectivity index is 2.06. The lowest BCUT2D eigenvalue weighted by atomic mass is 10.1. The summed E-state index contributed by atoms with van der Waals surface area (Å²) in [5.74, 6) is 1.50. The summed E-state index contributed by atoms with van der Waals surface area (Å²) in [6.07, 6.45) is 4.42. The van der Waals surface area contributed by atoms with Gasteiger partial charge in [-0.2, -0.15) is 0 Å². The molecule has 1 aromatic rings. The topological polar surface area (TPSA) is 24.9 Å². The summed E-state index contributed by atoms with van der Waals surface area (Å²) in [6, 6.07) is 0. The van der Waals surface area contributed by atoms with Crippen LogP contribution in [0.5, 0.6) is 0 Å². The third-order valence-electron chi connectivity index (χ3n) is 2.41. The normalized spacial score (nSPS) is 13.3. The lowest BCUT2D eigenvalue weighted by Crippen LogP contribution is -2.25. The fourth-order valence-corrected chi connectivity index (χ4v) is 2.09. The Labute approximate surface area is 97.1 Å². The Morgan fingerprint density at radius 1 is 1.33 bits per heavy atom. The summed E-state index contributed by atoms with van der Waals surface area (Å²) < 4.78 is 0. The molecule has 3 heteroatoms. The van der Waals surface area contributed by atoms with Crippen molar-refractivity contribution in [3.8, 4) is 0 Å². The molecule has 0 saturated carbocycles. The first-order valence-corrected chi connectivity index (χ1v) is 6.64. The van der Waals surface area contributed by atoms with E-state index in [1.165, 1.54) is 17.7 Å². The van der Waals surface area contributed by atoms with E-state index >= 15 is 0 Å². The molecule has 0 bridgehead atoms. The van der Waals surface area contributed by atoms with Crippen molar-refractivity contribution in [1.82, 2.24) is 10.3 Å². The molecular formula is C12H22N2S. The van der Waals surface area contributed by atoms with E-state index in [1.807, 2.05) is 11.7 Å². The van der Waals surface area contributed by atoms with Crippen LogP contribution in [-0.4, -0.2) is 18.1 Å². The van der Waals surface area contributed by atoms with E-state index in [0.29, 0.717) is 0 Å². The van der Waals surface area contributed by atoms with Crippen LogP contribution in [0.1, 0.15) is 32.1 Å². The first-order chi connectivity index (χ1) is 7.18. The summed E-state index contributed by atoms with van der Waals surface area (Å²) in [7, 11) is 0. The van der Waals surface area contributed by atoms with Crippen molar-refractivity contribution in [3.05, 3.63) is 16.6 Å². The van der Waals surface area contributed by atoms with Crippen LogP contribution in [0.25, 0.3) is 0 Å². The van der Waals surface area contributed by atoms with Crippen LogP contribution in [0, 0.1) is 11.8 Å². The van der Waals surface area contributed by atoms with Gasteiger partial charge in [0.2, 0.25) is 0 Å². The average Bonchev–Trinajstić information content (AvgIpc) is 2.66. The number of nitrogens with zero attached hydrogens (tertiary/aromatic N) is 1. The van der Waals surface area contributed by atoms with Crippen LogP contribution in [-0.2, 0) is 6.42 Å². The molecule has 0 radical (unpaired) electrons. The Morgan fingerprint density at radius 2 is 2.13 bits per heavy atom. The van der Waals surface area contributed by atoms with Gasteiger partial charge in [0.1, 0.15) is 0 Å². The second-order valence-corrected chi connectivity index (χ2v) is 5.63. The van der Waals surface area contributed by atoms with E-state index in [4.69, 9.17) is 0 Å². The van der Waals surface area contributed by atoms with Crippen molar-refractivity contribution in [2.24, 2.45) is 11.8 Å². The molecule has 86 valence electrons. The van der Waals surface area contributed by atoms with Gasteiger partial charge in [0.05, 0.1) is 5.51 Å². The molecule has 0 aliphatic carbocycles. The predicted octanol–water partition coefficient (Wildman–Crippen LogP) is 2.96. The largest absolute Gasteiger partial charge is 0.316 e. The highest BCUT2D eigenvalue weighted by Crippen LogP contribution is 2.12. The molecule has 0 aromatic carbocycles. The lowest BCUT2D eigenvalue weighted by molar-refractivity contribution is 0.455. The van der Waals surface area contributed by atoms with Gasteiger partial charge in [-0.25, -0.2) is 0 Å². The first kappa shape index (κ1) is 12.7. The maximum absolute atomic E-state index is 4.09. The molecule has 1 aromatic heterocycles. The van der Waals surface area contributed by atoms with Crippen molar-refractivity contribution < 1.29 is 0 Å². The number of thiazole rings is 1. The van der Waals surface area contributed by atoms with Gasteiger partial charge in [0, 0.05) is 11.1 Å². The molecule has 0 saturated heterocycles. The summed E-state index contributed by atoms with van der Waals surface area (Å²) in [5.41, 5.74) is 1.91. The molecule has 1 atom stereocenters. The average molecular weight is 226 g/mol. The second kappa shape index (κ2) is 6.96. The van der Waals surface area contributed by atoms with Crippen LogP contribution in [0.4, 0.5) is 0 Å². The number of aryl methyl sites for hydroxylation is 1. The number of hydrogen-bond donors (Lipinski definition) is 1. The van der Waals surface area contributed by atoms with E-state index < -0.39 is 0 Å². The fourth-order valence-electron chi connectivity index (χ4n) is 1.47. The number of aromatic nitrogens is 1. The molecule has 0 aliphatic rings. The number of nitrogens with one attached hydrogen (secondary N) is 1. The molecule has 0 amide bonds. The Bertz CT molecular complexity index is 244. The summed E-state index contributed by atoms with van der Waals surface area (Å²) >= 11 is 1.76. The minimum atomic E-state index is 0.749. The molecule has 15 heavy (non-hydrogen) atoms. The van der Waals surface area contributed by atoms with Gasteiger partial charge >= 0.3 is 0 Å². The predicted molar refractivity (Wildman–Crippen MR) is 67.3 cm³/mol. The Morgan fingerprint density at radius 3 is 2.73 bits per heavy atom. The minimum absolute atomic E-state index is 0.749. The van der Waals surface area contributed by atoms with Crippen LogP contribution in [0.3, 0.4) is 0 Å². The zero-order chi connectivity index (χ0) is 11.1. The quantitative estimate of drug-likeness (QED) is 0.773. The van der Waals surface area contributed by atoms with Crippen LogP contribution in [0.15, 0.2) is 11.7 Å². The van der Waals surface area contributed by atoms with Gasteiger partial charge in [-0.3, -0.25) is 4.98 Å². The van der Waals surface area contributed by atoms with Gasteiger partial charge in [-0.15, -0.1) is 11.3 Å². The van der Waals surface area contributed by atoms with Crippen LogP contribution in [0.2, 0.25) is 0 Å². The summed E-state index contributed by atoms with van der Waals surface area (Å²) in [6.45, 7) is 9.07. The van der Waals surface area contributed by atoms with Gasteiger partial charge in [0.25, 0.3) is 0 Å². The first-order valence-electron chi connectivity index (χ1n) is 5.76. The van der Waals surface area contributed by atoms with Crippen molar-refractivity contribution in [1.29, 1.82) is 0 Å². The van der Waals surface area contributed by atoms with Gasteiger partial charge in [-0.05, 0) is 37.8 Å². The molecule has 0 fully saturated rings. The number of hydrogen-bond acceptors (Lipinski definition) is 3. The molecule has 1 heterocycles. The highest BCUT2D eigenvalue weighted by Gasteiger charge is 2.03. The van der Waals surface area contributed by atoms with Crippen molar-refractivity contribution in [2.45, 2.75) is 33.6 Å². The van der Waals surface area contributed by atoms with Crippen LogP contribution >= 0.6 is 11.3 Å². The molecule has 2 nitrogen and oxygen atoms in total. The fraction of sp³-hybridized carbons (Fsp3) is 0.750. The van der Waals surface area contributed by atoms with Crippen molar-refractivity contribution in [3.63, 3.8) is 0 Å². The summed E-state index contributed by atoms with van der Waals surface area (Å²) in [4.78, 5) is 5.50. The lowest BCUT2D eigenvalue weighted by Gasteiger charge is -2.13. The van der Waals surface area contributed by atoms with Crippen LogP contribution < -0.4 is 5.32 Å². The molecule has 0 aliphatic heterocycles. The molecule has 0 spiro atoms. The smallest absolute Gasteiger partial charge is 0.0794 e. The zero-order valence-corrected chi connectivity index (χ0v) is 10.8. The SMILES string of the molecule is CC(C)CNCC(C)CCc1cncs1. The van der Waals surface area contributed by atoms with Crippen molar-refractivity contribution >= 4 is 11.3 Å². The Hall–Kier alpha value is -0.410. The van der Waals surface area contributed by atoms with Crippen molar-refractivity contribution in [2.75, 3.05) is 13.1 Å². The zero-order valence-electron chi connectivity index (χ0n) is 9.99. The van der Waals surface area contributed by atoms with E-state index in [0.717, 1.165) is 24.9 Å². The number of rotatable bonds is 7. The summed E-state index contributed by atoms with van der Waals surface area (Å²) in [5, 5.41) is 3.50. The third-order valence-corrected chi connectivity index (χ3v) is 3.25. The highest BCUT2D eigenvalue weighted by atomic mass is 32.1. The Kier molecular flexibility index (Phi) is 5.88. The molecule has 1 rings (SSSR count). The second-order valence-electron chi connectivity index (χ2n) is 4.66. The van der Waals surface area contributed by atoms with E-state index in [-0.39, 0.29) is 0 Å². The monoisotopic (exact) mass is 226 g/mol. The van der Waals surface area contributed by atoms with Gasteiger partial charge < -0.3 is 5.32 Å². The molecular weight excluding hydrogens is 204 g/mol. The molecule has 1 N–H and O–H groups in total. The highest BCUT2D eigenvalue weighted by molar-refractivity contribution is 7.09. The van der Waals surface area contributed by atoms with Gasteiger partial charge in [-0.1, -0.05) is 20.8 Å². The molecule has 1 unspecified atom stereocenters. The van der Waals surface area contributed by atoms with E-state index in [2.05, 4.69) is 31.1 Å². The van der Waals surface area contributed by atoms with E-state index in [9.17, 15) is 0 Å². The van der Waals surface area contributed by atoms with E-state index in [1.54, 1.807) is 11.3 Å².